The fourth-order valence-corrected chi connectivity index (χ4v) is 2.94. The van der Waals surface area contributed by atoms with Gasteiger partial charge in [0.1, 0.15) is 10.6 Å². The molecule has 0 aliphatic rings. The van der Waals surface area contributed by atoms with E-state index >= 15 is 0 Å². The van der Waals surface area contributed by atoms with Gasteiger partial charge < -0.3 is 4.18 Å². The molecule has 20 heavy (non-hydrogen) atoms. The highest BCUT2D eigenvalue weighted by Crippen LogP contribution is 2.21. The predicted octanol–water partition coefficient (Wildman–Crippen LogP) is 3.14. The van der Waals surface area contributed by atoms with E-state index in [-0.39, 0.29) is 16.2 Å². The molecule has 0 saturated heterocycles. The summed E-state index contributed by atoms with van der Waals surface area (Å²) >= 11 is 5.31. The largest absolute Gasteiger partial charge is 0.379 e. The van der Waals surface area contributed by atoms with Crippen LogP contribution in [0.3, 0.4) is 0 Å². The Hall–Kier alpha value is -1.85. The molecule has 0 aromatic heterocycles. The minimum atomic E-state index is -3.90. The summed E-state index contributed by atoms with van der Waals surface area (Å²) in [5.74, 6) is 0.120. The third kappa shape index (κ3) is 3.18. The van der Waals surface area contributed by atoms with E-state index in [1.54, 1.807) is 25.1 Å². The Bertz CT molecular complexity index is 736. The number of hydrogen-bond acceptors (Lipinski definition) is 4. The third-order valence-electron chi connectivity index (χ3n) is 2.65. The number of benzene rings is 2. The first-order valence-corrected chi connectivity index (χ1v) is 7.49. The molecular formula is C14H11ClO4S. The highest BCUT2D eigenvalue weighted by atomic mass is 35.5. The summed E-state index contributed by atoms with van der Waals surface area (Å²) in [6.45, 7) is 1.69. The van der Waals surface area contributed by atoms with Crippen LogP contribution >= 0.6 is 11.6 Å². The van der Waals surface area contributed by atoms with Crippen molar-refractivity contribution in [3.05, 3.63) is 59.7 Å². The standard InChI is InChI=1S/C14H11ClO4S/c1-10-4-2-3-5-13(10)20(17,18)19-12-8-6-11(7-9-12)14(15)16/h2-9H,1H3. The molecule has 0 heterocycles. The van der Waals surface area contributed by atoms with Gasteiger partial charge in [0.15, 0.2) is 0 Å². The second-order valence-corrected chi connectivity index (χ2v) is 5.96. The number of halogens is 1. The molecule has 0 unspecified atom stereocenters. The Labute approximate surface area is 122 Å². The molecule has 0 N–H and O–H groups in total. The second kappa shape index (κ2) is 5.64. The molecule has 0 radical (unpaired) electrons. The summed E-state index contributed by atoms with van der Waals surface area (Å²) in [4.78, 5) is 11.0. The molecule has 0 aliphatic carbocycles. The lowest BCUT2D eigenvalue weighted by Gasteiger charge is -2.09. The van der Waals surface area contributed by atoms with Gasteiger partial charge in [-0.2, -0.15) is 8.42 Å². The van der Waals surface area contributed by atoms with Crippen LogP contribution in [0.15, 0.2) is 53.4 Å². The maximum atomic E-state index is 12.1. The zero-order valence-corrected chi connectivity index (χ0v) is 12.1. The van der Waals surface area contributed by atoms with Crippen LogP contribution in [0.1, 0.15) is 15.9 Å². The summed E-state index contributed by atoms with van der Waals surface area (Å²) in [7, 11) is -3.90. The van der Waals surface area contributed by atoms with Gasteiger partial charge in [0, 0.05) is 5.56 Å². The quantitative estimate of drug-likeness (QED) is 0.643. The fourth-order valence-electron chi connectivity index (χ4n) is 1.65. The summed E-state index contributed by atoms with van der Waals surface area (Å²) < 4.78 is 29.3. The van der Waals surface area contributed by atoms with E-state index in [9.17, 15) is 13.2 Å². The van der Waals surface area contributed by atoms with E-state index in [1.165, 1.54) is 30.3 Å². The first-order chi connectivity index (χ1) is 9.40. The smallest absolute Gasteiger partial charge is 0.339 e. The first kappa shape index (κ1) is 14.6. The molecule has 2 aromatic carbocycles. The van der Waals surface area contributed by atoms with Crippen LogP contribution in [-0.2, 0) is 10.1 Å². The van der Waals surface area contributed by atoms with Gasteiger partial charge in [0.25, 0.3) is 5.24 Å². The average molecular weight is 311 g/mol. The van der Waals surface area contributed by atoms with Crippen LogP contribution in [0, 0.1) is 6.92 Å². The van der Waals surface area contributed by atoms with Crippen molar-refractivity contribution < 1.29 is 17.4 Å². The van der Waals surface area contributed by atoms with Crippen LogP contribution in [0.25, 0.3) is 0 Å². The summed E-state index contributed by atoms with van der Waals surface area (Å²) in [6, 6.07) is 12.1. The Morgan fingerprint density at radius 2 is 1.65 bits per heavy atom. The molecule has 6 heteroatoms. The maximum absolute atomic E-state index is 12.1. The van der Waals surface area contributed by atoms with Crippen LogP contribution < -0.4 is 4.18 Å². The van der Waals surface area contributed by atoms with Crippen molar-refractivity contribution in [3.63, 3.8) is 0 Å². The molecule has 2 aromatic rings. The Morgan fingerprint density at radius 3 is 2.20 bits per heavy atom. The van der Waals surface area contributed by atoms with Crippen molar-refractivity contribution in [3.8, 4) is 5.75 Å². The molecule has 0 bridgehead atoms. The minimum Gasteiger partial charge on any atom is -0.379 e. The summed E-state index contributed by atoms with van der Waals surface area (Å²) in [5.41, 5.74) is 0.868. The molecule has 104 valence electrons. The fraction of sp³-hybridized carbons (Fsp3) is 0.0714. The van der Waals surface area contributed by atoms with Crippen molar-refractivity contribution in [1.29, 1.82) is 0 Å². The number of rotatable bonds is 4. The number of carbonyl (C=O) groups excluding carboxylic acids is 1. The van der Waals surface area contributed by atoms with E-state index in [2.05, 4.69) is 0 Å². The van der Waals surface area contributed by atoms with Crippen molar-refractivity contribution in [2.24, 2.45) is 0 Å². The normalized spacial score (nSPS) is 11.1. The molecule has 4 nitrogen and oxygen atoms in total. The lowest BCUT2D eigenvalue weighted by molar-refractivity contribution is 0.108. The molecular weight excluding hydrogens is 300 g/mol. The van der Waals surface area contributed by atoms with Crippen molar-refractivity contribution >= 4 is 27.0 Å². The van der Waals surface area contributed by atoms with Gasteiger partial charge >= 0.3 is 10.1 Å². The van der Waals surface area contributed by atoms with Gasteiger partial charge in [-0.05, 0) is 54.4 Å². The molecule has 0 amide bonds. The molecule has 0 fully saturated rings. The number of hydrogen-bond donors (Lipinski definition) is 0. The van der Waals surface area contributed by atoms with Crippen LogP contribution in [-0.4, -0.2) is 13.7 Å². The summed E-state index contributed by atoms with van der Waals surface area (Å²) in [5, 5.41) is -0.613. The van der Waals surface area contributed by atoms with Crippen molar-refractivity contribution in [2.45, 2.75) is 11.8 Å². The zero-order valence-electron chi connectivity index (χ0n) is 10.5. The Kier molecular flexibility index (Phi) is 4.11. The minimum absolute atomic E-state index is 0.109. The Balaban J connectivity index is 2.29. The predicted molar refractivity (Wildman–Crippen MR) is 75.6 cm³/mol. The third-order valence-corrected chi connectivity index (χ3v) is 4.28. The topological polar surface area (TPSA) is 60.4 Å². The highest BCUT2D eigenvalue weighted by molar-refractivity contribution is 7.87. The van der Waals surface area contributed by atoms with Crippen molar-refractivity contribution in [2.75, 3.05) is 0 Å². The summed E-state index contributed by atoms with van der Waals surface area (Å²) in [6.07, 6.45) is 0. The average Bonchev–Trinajstić information content (AvgIpc) is 2.39. The SMILES string of the molecule is Cc1ccccc1S(=O)(=O)Oc1ccc(C(=O)Cl)cc1. The van der Waals surface area contributed by atoms with Crippen LogP contribution in [0.2, 0.25) is 0 Å². The van der Waals surface area contributed by atoms with Crippen LogP contribution in [0.5, 0.6) is 5.75 Å². The van der Waals surface area contributed by atoms with E-state index in [0.29, 0.717) is 5.56 Å². The van der Waals surface area contributed by atoms with E-state index in [4.69, 9.17) is 15.8 Å². The monoisotopic (exact) mass is 310 g/mol. The van der Waals surface area contributed by atoms with Gasteiger partial charge in [-0.1, -0.05) is 18.2 Å². The second-order valence-electron chi connectivity index (χ2n) is 4.10. The molecule has 2 rings (SSSR count). The molecule has 0 spiro atoms. The van der Waals surface area contributed by atoms with E-state index in [1.807, 2.05) is 0 Å². The molecule has 0 atom stereocenters. The van der Waals surface area contributed by atoms with Gasteiger partial charge in [-0.3, -0.25) is 4.79 Å². The van der Waals surface area contributed by atoms with Gasteiger partial charge in [-0.25, -0.2) is 0 Å². The van der Waals surface area contributed by atoms with E-state index in [0.717, 1.165) is 0 Å². The first-order valence-electron chi connectivity index (χ1n) is 5.70. The lowest BCUT2D eigenvalue weighted by Crippen LogP contribution is -2.11. The Morgan fingerprint density at radius 1 is 1.05 bits per heavy atom. The van der Waals surface area contributed by atoms with Gasteiger partial charge in [0.05, 0.1) is 0 Å². The van der Waals surface area contributed by atoms with Gasteiger partial charge in [0.2, 0.25) is 0 Å². The number of carbonyl (C=O) groups is 1. The highest BCUT2D eigenvalue weighted by Gasteiger charge is 2.18. The number of aryl methyl sites for hydroxylation is 1. The maximum Gasteiger partial charge on any atom is 0.339 e. The van der Waals surface area contributed by atoms with Gasteiger partial charge in [-0.15, -0.1) is 0 Å². The molecule has 0 saturated carbocycles. The van der Waals surface area contributed by atoms with Crippen molar-refractivity contribution in [1.82, 2.24) is 0 Å². The van der Waals surface area contributed by atoms with Crippen LogP contribution in [0.4, 0.5) is 0 Å². The van der Waals surface area contributed by atoms with E-state index < -0.39 is 15.4 Å². The lowest BCUT2D eigenvalue weighted by atomic mass is 10.2. The zero-order chi connectivity index (χ0) is 14.8. The molecule has 0 aliphatic heterocycles.